The monoisotopic (exact) mass is 437 g/mol. The number of carbonyl (C=O) groups is 1. The quantitative estimate of drug-likeness (QED) is 0.338. The van der Waals surface area contributed by atoms with Gasteiger partial charge in [0.1, 0.15) is 30.8 Å². The molecule has 0 spiro atoms. The van der Waals surface area contributed by atoms with Crippen molar-refractivity contribution in [1.29, 1.82) is 0 Å². The molecule has 2 heterocycles. The van der Waals surface area contributed by atoms with Crippen molar-refractivity contribution in [2.75, 3.05) is 7.11 Å². The van der Waals surface area contributed by atoms with Crippen LogP contribution in [0.5, 0.6) is 0 Å². The van der Waals surface area contributed by atoms with Crippen molar-refractivity contribution in [2.45, 2.75) is 72.5 Å². The van der Waals surface area contributed by atoms with E-state index in [0.717, 1.165) is 25.2 Å². The van der Waals surface area contributed by atoms with Gasteiger partial charge in [-0.3, -0.25) is 4.79 Å². The third-order valence-electron chi connectivity index (χ3n) is 6.54. The molecule has 3 aromatic rings. The van der Waals surface area contributed by atoms with Crippen LogP contribution in [0, 0.1) is 19.3 Å². The Morgan fingerprint density at radius 1 is 1.12 bits per heavy atom. The largest absolute Gasteiger partial charge is 0.469 e. The van der Waals surface area contributed by atoms with Crippen molar-refractivity contribution in [2.24, 2.45) is 5.41 Å². The molecule has 6 heteroatoms. The maximum absolute atomic E-state index is 12.4. The number of carbonyl (C=O) groups excluding carboxylic acids is 1. The molecule has 0 N–H and O–H groups in total. The highest BCUT2D eigenvalue weighted by Gasteiger charge is 2.35. The first kappa shape index (κ1) is 23.8. The molecule has 0 aliphatic heterocycles. The van der Waals surface area contributed by atoms with Gasteiger partial charge in [0.15, 0.2) is 0 Å². The Kier molecular flexibility index (Phi) is 7.54. The van der Waals surface area contributed by atoms with Crippen LogP contribution in [0.15, 0.2) is 55.1 Å². The number of hydrogen-bond acceptors (Lipinski definition) is 3. The van der Waals surface area contributed by atoms with Gasteiger partial charge in [-0.25, -0.2) is 14.1 Å². The Labute approximate surface area is 191 Å². The molecule has 0 radical (unpaired) electrons. The summed E-state index contributed by atoms with van der Waals surface area (Å²) in [6.45, 7) is 11.2. The second-order valence-corrected chi connectivity index (χ2v) is 9.28. The van der Waals surface area contributed by atoms with Crippen LogP contribution in [0.4, 0.5) is 0 Å². The molecule has 0 saturated carbocycles. The molecule has 0 aliphatic carbocycles. The van der Waals surface area contributed by atoms with Crippen LogP contribution in [0.25, 0.3) is 0 Å². The number of esters is 1. The number of ether oxygens (including phenoxy) is 1. The zero-order valence-corrected chi connectivity index (χ0v) is 20.3. The number of aryl methyl sites for hydroxylation is 1. The van der Waals surface area contributed by atoms with Gasteiger partial charge in [0.25, 0.3) is 5.82 Å². The summed E-state index contributed by atoms with van der Waals surface area (Å²) < 4.78 is 12.0. The van der Waals surface area contributed by atoms with Gasteiger partial charge in [-0.05, 0) is 39.2 Å². The van der Waals surface area contributed by atoms with Gasteiger partial charge in [0.2, 0.25) is 0 Å². The second kappa shape index (κ2) is 10.2. The summed E-state index contributed by atoms with van der Waals surface area (Å²) >= 11 is 0. The fourth-order valence-electron chi connectivity index (χ4n) is 4.66. The average molecular weight is 438 g/mol. The average Bonchev–Trinajstić information content (AvgIpc) is 3.37. The van der Waals surface area contributed by atoms with Crippen molar-refractivity contribution in [1.82, 2.24) is 14.1 Å². The highest BCUT2D eigenvalue weighted by Crippen LogP contribution is 2.36. The van der Waals surface area contributed by atoms with Gasteiger partial charge in [0, 0.05) is 31.8 Å². The van der Waals surface area contributed by atoms with Crippen LogP contribution in [0.3, 0.4) is 0 Å². The van der Waals surface area contributed by atoms with Crippen molar-refractivity contribution in [3.05, 3.63) is 72.3 Å². The lowest BCUT2D eigenvalue weighted by atomic mass is 9.83. The van der Waals surface area contributed by atoms with Gasteiger partial charge in [-0.1, -0.05) is 37.3 Å². The SMILES string of the molecule is CCC(CC(CC(C)(C)C(=O)OC)n1ccnc1C)n1cc[n+](Cc2ccccc2)c1C. The molecule has 0 amide bonds. The second-order valence-electron chi connectivity index (χ2n) is 9.28. The zero-order valence-electron chi connectivity index (χ0n) is 20.3. The van der Waals surface area contributed by atoms with Crippen LogP contribution >= 0.6 is 0 Å². The molecule has 32 heavy (non-hydrogen) atoms. The van der Waals surface area contributed by atoms with Crippen LogP contribution in [-0.2, 0) is 16.1 Å². The lowest BCUT2D eigenvalue weighted by molar-refractivity contribution is -0.694. The van der Waals surface area contributed by atoms with E-state index in [-0.39, 0.29) is 12.0 Å². The van der Waals surface area contributed by atoms with E-state index in [1.165, 1.54) is 18.5 Å². The topological polar surface area (TPSA) is 52.9 Å². The van der Waals surface area contributed by atoms with E-state index in [4.69, 9.17) is 4.74 Å². The van der Waals surface area contributed by atoms with E-state index in [2.05, 4.69) is 69.2 Å². The highest BCUT2D eigenvalue weighted by molar-refractivity contribution is 5.75. The molecule has 2 aromatic heterocycles. The van der Waals surface area contributed by atoms with Crippen LogP contribution in [0.2, 0.25) is 0 Å². The van der Waals surface area contributed by atoms with Gasteiger partial charge < -0.3 is 9.30 Å². The standard InChI is InChI=1S/C26H37N4O2/c1-7-23(30-16-15-28(21(30)3)19-22-11-9-8-10-12-22)17-24(29-14-13-27-20(29)2)18-26(4,5)25(31)32-6/h8-16,23-24H,7,17-19H2,1-6H3/q+1. The number of hydrogen-bond donors (Lipinski definition) is 0. The van der Waals surface area contributed by atoms with Gasteiger partial charge in [-0.15, -0.1) is 0 Å². The molecule has 0 saturated heterocycles. The summed E-state index contributed by atoms with van der Waals surface area (Å²) in [7, 11) is 1.46. The third kappa shape index (κ3) is 5.29. The summed E-state index contributed by atoms with van der Waals surface area (Å²) in [5.41, 5.74) is 0.714. The van der Waals surface area contributed by atoms with Crippen LogP contribution < -0.4 is 4.57 Å². The number of methoxy groups -OCH3 is 1. The highest BCUT2D eigenvalue weighted by atomic mass is 16.5. The summed E-state index contributed by atoms with van der Waals surface area (Å²) in [5, 5.41) is 0. The molecule has 0 bridgehead atoms. The van der Waals surface area contributed by atoms with Crippen molar-refractivity contribution < 1.29 is 14.1 Å². The molecule has 2 unspecified atom stereocenters. The minimum atomic E-state index is -0.576. The summed E-state index contributed by atoms with van der Waals surface area (Å²) in [6.07, 6.45) is 10.8. The van der Waals surface area contributed by atoms with E-state index in [0.29, 0.717) is 12.5 Å². The molecule has 0 fully saturated rings. The lowest BCUT2D eigenvalue weighted by Gasteiger charge is -2.30. The third-order valence-corrected chi connectivity index (χ3v) is 6.54. The van der Waals surface area contributed by atoms with Crippen molar-refractivity contribution in [3.63, 3.8) is 0 Å². The Morgan fingerprint density at radius 3 is 2.44 bits per heavy atom. The Morgan fingerprint density at radius 2 is 1.84 bits per heavy atom. The molecular weight excluding hydrogens is 400 g/mol. The van der Waals surface area contributed by atoms with Crippen LogP contribution in [0.1, 0.15) is 69.3 Å². The van der Waals surface area contributed by atoms with Crippen LogP contribution in [-0.4, -0.2) is 27.2 Å². The first-order valence-corrected chi connectivity index (χ1v) is 11.5. The number of benzene rings is 1. The first-order valence-electron chi connectivity index (χ1n) is 11.5. The smallest absolute Gasteiger partial charge is 0.311 e. The predicted molar refractivity (Wildman–Crippen MR) is 125 cm³/mol. The maximum atomic E-state index is 12.4. The Bertz CT molecular complexity index is 1020. The summed E-state index contributed by atoms with van der Waals surface area (Å²) in [5.74, 6) is 2.02. The van der Waals surface area contributed by atoms with E-state index < -0.39 is 5.41 Å². The molecule has 1 aromatic carbocycles. The molecule has 172 valence electrons. The maximum Gasteiger partial charge on any atom is 0.311 e. The summed E-state index contributed by atoms with van der Waals surface area (Å²) in [4.78, 5) is 16.9. The minimum absolute atomic E-state index is 0.140. The molecule has 3 rings (SSSR count). The predicted octanol–water partition coefficient (Wildman–Crippen LogP) is 4.81. The van der Waals surface area contributed by atoms with Gasteiger partial charge in [0.05, 0.1) is 12.5 Å². The normalized spacial score (nSPS) is 13.7. The first-order chi connectivity index (χ1) is 15.3. The van der Waals surface area contributed by atoms with Crippen molar-refractivity contribution >= 4 is 5.97 Å². The van der Waals surface area contributed by atoms with E-state index in [9.17, 15) is 4.79 Å². The number of imidazole rings is 2. The number of rotatable bonds is 10. The minimum Gasteiger partial charge on any atom is -0.469 e. The summed E-state index contributed by atoms with van der Waals surface area (Å²) in [6, 6.07) is 11.0. The Balaban J connectivity index is 1.86. The molecule has 0 aliphatic rings. The lowest BCUT2D eigenvalue weighted by Crippen LogP contribution is -2.36. The van der Waals surface area contributed by atoms with Gasteiger partial charge >= 0.3 is 5.97 Å². The number of aromatic nitrogens is 4. The van der Waals surface area contributed by atoms with E-state index in [1.54, 1.807) is 0 Å². The molecule has 6 nitrogen and oxygen atoms in total. The van der Waals surface area contributed by atoms with E-state index >= 15 is 0 Å². The fourth-order valence-corrected chi connectivity index (χ4v) is 4.66. The van der Waals surface area contributed by atoms with E-state index in [1.807, 2.05) is 39.2 Å². The van der Waals surface area contributed by atoms with Crippen molar-refractivity contribution in [3.8, 4) is 0 Å². The molecular formula is C26H37N4O2+. The fraction of sp³-hybridized carbons (Fsp3) is 0.500. The molecule has 2 atom stereocenters. The van der Waals surface area contributed by atoms with Gasteiger partial charge in [-0.2, -0.15) is 0 Å². The zero-order chi connectivity index (χ0) is 23.3. The Hall–Kier alpha value is -2.89. The number of nitrogens with zero attached hydrogens (tertiary/aromatic N) is 4.